The molecule has 3 amide bonds. The van der Waals surface area contributed by atoms with Crippen LogP contribution in [0.15, 0.2) is 48.5 Å². The van der Waals surface area contributed by atoms with E-state index in [1.165, 1.54) is 7.11 Å². The van der Waals surface area contributed by atoms with Crippen LogP contribution in [0.1, 0.15) is 71.3 Å². The number of nitrogens with zero attached hydrogens (tertiary/aromatic N) is 2. The van der Waals surface area contributed by atoms with Gasteiger partial charge in [0.1, 0.15) is 23.1 Å². The zero-order chi connectivity index (χ0) is 36.0. The minimum atomic E-state index is -1.19. The van der Waals surface area contributed by atoms with Crippen molar-refractivity contribution in [2.75, 3.05) is 38.7 Å². The van der Waals surface area contributed by atoms with Gasteiger partial charge in [-0.3, -0.25) is 9.59 Å². The predicted octanol–water partition coefficient (Wildman–Crippen LogP) is 3.84. The molecule has 0 aliphatic rings. The Morgan fingerprint density at radius 3 is 2.29 bits per heavy atom. The molecule has 0 saturated heterocycles. The number of nitrogens with one attached hydrogen (secondary N) is 4. The highest BCUT2D eigenvalue weighted by atomic mass is 16.6. The summed E-state index contributed by atoms with van der Waals surface area (Å²) in [6.07, 6.45) is 1.53. The molecule has 1 atom stereocenters. The van der Waals surface area contributed by atoms with Crippen LogP contribution >= 0.6 is 0 Å². The van der Waals surface area contributed by atoms with Crippen molar-refractivity contribution in [2.45, 2.75) is 65.5 Å². The topological polar surface area (TPSA) is 190 Å². The highest BCUT2D eigenvalue weighted by molar-refractivity contribution is 5.99. The van der Waals surface area contributed by atoms with Crippen LogP contribution in [0.25, 0.3) is 0 Å². The molecule has 0 bridgehead atoms. The maximum Gasteiger partial charge on any atom is 0.407 e. The summed E-state index contributed by atoms with van der Waals surface area (Å²) >= 11 is 0. The van der Waals surface area contributed by atoms with Gasteiger partial charge in [-0.15, -0.1) is 0 Å². The van der Waals surface area contributed by atoms with E-state index in [2.05, 4.69) is 31.2 Å². The van der Waals surface area contributed by atoms with Gasteiger partial charge >= 0.3 is 12.1 Å². The molecule has 3 rings (SSSR count). The van der Waals surface area contributed by atoms with Gasteiger partial charge in [0, 0.05) is 25.2 Å². The number of carbonyl (C=O) groups excluding carboxylic acids is 4. The number of hydrogen-bond acceptors (Lipinski definition) is 11. The molecule has 5 N–H and O–H groups in total. The Morgan fingerprint density at radius 2 is 1.61 bits per heavy atom. The Labute approximate surface area is 286 Å². The van der Waals surface area contributed by atoms with Gasteiger partial charge in [-0.1, -0.05) is 18.2 Å². The van der Waals surface area contributed by atoms with E-state index in [1.807, 2.05) is 6.07 Å². The summed E-state index contributed by atoms with van der Waals surface area (Å²) in [6, 6.07) is 12.4. The minimum absolute atomic E-state index is 0.205. The maximum absolute atomic E-state index is 13.3. The average molecular weight is 679 g/mol. The number of ether oxygens (including phenoxy) is 3. The van der Waals surface area contributed by atoms with E-state index in [0.29, 0.717) is 42.6 Å². The first kappa shape index (κ1) is 38.1. The van der Waals surface area contributed by atoms with Crippen LogP contribution in [0, 0.1) is 13.8 Å². The van der Waals surface area contributed by atoms with Crippen LogP contribution in [-0.2, 0) is 20.7 Å². The number of hydrogen-bond donors (Lipinski definition) is 5. The first-order valence-electron chi connectivity index (χ1n) is 16.0. The van der Waals surface area contributed by atoms with Crippen LogP contribution in [0.4, 0.5) is 10.7 Å². The summed E-state index contributed by atoms with van der Waals surface area (Å²) in [5.74, 6) is -0.790. The molecule has 2 aromatic carbocycles. The first-order chi connectivity index (χ1) is 23.3. The molecule has 264 valence electrons. The molecule has 3 aromatic rings. The molecule has 49 heavy (non-hydrogen) atoms. The third-order valence-corrected chi connectivity index (χ3v) is 6.95. The Kier molecular flexibility index (Phi) is 14.2. The van der Waals surface area contributed by atoms with Gasteiger partial charge in [0.05, 0.1) is 30.7 Å². The molecule has 0 saturated carbocycles. The van der Waals surface area contributed by atoms with Crippen molar-refractivity contribution in [2.24, 2.45) is 0 Å². The Balaban J connectivity index is 1.51. The van der Waals surface area contributed by atoms with E-state index < -0.39 is 35.5 Å². The quantitative estimate of drug-likeness (QED) is 0.109. The van der Waals surface area contributed by atoms with Gasteiger partial charge in [0.25, 0.3) is 11.8 Å². The van der Waals surface area contributed by atoms with Gasteiger partial charge in [-0.2, -0.15) is 0 Å². The summed E-state index contributed by atoms with van der Waals surface area (Å²) in [5, 5.41) is 20.7. The largest absolute Gasteiger partial charge is 0.508 e. The molecule has 1 heterocycles. The lowest BCUT2D eigenvalue weighted by molar-refractivity contribution is -0.142. The smallest absolute Gasteiger partial charge is 0.407 e. The fourth-order valence-electron chi connectivity index (χ4n) is 4.69. The number of phenolic OH excluding ortho intramolecular Hbond substituents is 1. The van der Waals surface area contributed by atoms with Crippen molar-refractivity contribution in [3.63, 3.8) is 0 Å². The Morgan fingerprint density at radius 1 is 0.898 bits per heavy atom. The lowest BCUT2D eigenvalue weighted by Crippen LogP contribution is -2.49. The predicted molar refractivity (Wildman–Crippen MR) is 183 cm³/mol. The van der Waals surface area contributed by atoms with Gasteiger partial charge in [0.15, 0.2) is 0 Å². The van der Waals surface area contributed by atoms with Crippen molar-refractivity contribution in [3.05, 3.63) is 76.6 Å². The number of phenols is 1. The molecule has 1 unspecified atom stereocenters. The van der Waals surface area contributed by atoms with Crippen molar-refractivity contribution in [1.29, 1.82) is 0 Å². The van der Waals surface area contributed by atoms with E-state index in [1.54, 1.807) is 77.1 Å². The van der Waals surface area contributed by atoms with Crippen LogP contribution in [-0.4, -0.2) is 83.9 Å². The molecule has 14 nitrogen and oxygen atoms in total. The van der Waals surface area contributed by atoms with E-state index in [4.69, 9.17) is 14.2 Å². The molecule has 0 spiro atoms. The fourth-order valence-corrected chi connectivity index (χ4v) is 4.69. The number of aryl methyl sites for hydroxylation is 3. The number of rotatable bonds is 16. The number of methoxy groups -OCH3 is 1. The van der Waals surface area contributed by atoms with Gasteiger partial charge in [0.2, 0.25) is 5.95 Å². The van der Waals surface area contributed by atoms with E-state index in [0.717, 1.165) is 18.4 Å². The number of aromatic hydroxyl groups is 1. The van der Waals surface area contributed by atoms with Crippen LogP contribution in [0.2, 0.25) is 0 Å². The van der Waals surface area contributed by atoms with Crippen LogP contribution < -0.4 is 26.0 Å². The average Bonchev–Trinajstić information content (AvgIpc) is 3.03. The number of esters is 1. The summed E-state index contributed by atoms with van der Waals surface area (Å²) in [4.78, 5) is 59.4. The minimum Gasteiger partial charge on any atom is -0.508 e. The standard InChI is InChI=1S/C35H46N6O8/c1-22-29(23(2)40-33(39-22)36-16-9-12-24-11-7-14-26(42)19-24)31(44)41-28(32(45)47-6)21-38-30(43)25-13-8-15-27(20-25)48-18-10-17-37-34(46)49-35(3,4)5/h7-8,11,13-15,19-20,28,42H,9-10,12,16-18,21H2,1-6H3,(H,37,46)(H,38,43)(H,41,44)(H,36,39,40). The molecule has 1 aromatic heterocycles. The zero-order valence-corrected chi connectivity index (χ0v) is 28.8. The molecule has 0 fully saturated rings. The summed E-state index contributed by atoms with van der Waals surface area (Å²) in [5.41, 5.74) is 1.73. The van der Waals surface area contributed by atoms with E-state index in [-0.39, 0.29) is 30.0 Å². The number of aromatic nitrogens is 2. The van der Waals surface area contributed by atoms with E-state index >= 15 is 0 Å². The molecular weight excluding hydrogens is 632 g/mol. The number of anilines is 1. The normalized spacial score (nSPS) is 11.6. The molecule has 0 aliphatic heterocycles. The fraction of sp³-hybridized carbons (Fsp3) is 0.429. The van der Waals surface area contributed by atoms with Crippen LogP contribution in [0.5, 0.6) is 11.5 Å². The number of alkyl carbamates (subject to hydrolysis) is 1. The second-order valence-electron chi connectivity index (χ2n) is 12.2. The van der Waals surface area contributed by atoms with Gasteiger partial charge in [-0.05, 0) is 89.8 Å². The highest BCUT2D eigenvalue weighted by Crippen LogP contribution is 2.16. The van der Waals surface area contributed by atoms with Crippen molar-refractivity contribution >= 4 is 29.8 Å². The lowest BCUT2D eigenvalue weighted by Gasteiger charge is -2.19. The molecule has 14 heteroatoms. The monoisotopic (exact) mass is 678 g/mol. The summed E-state index contributed by atoms with van der Waals surface area (Å²) in [6.45, 7) is 9.66. The number of carbonyl (C=O) groups is 4. The molecule has 0 radical (unpaired) electrons. The van der Waals surface area contributed by atoms with Crippen molar-refractivity contribution in [3.8, 4) is 11.5 Å². The zero-order valence-electron chi connectivity index (χ0n) is 28.8. The van der Waals surface area contributed by atoms with E-state index in [9.17, 15) is 24.3 Å². The lowest BCUT2D eigenvalue weighted by atomic mass is 10.1. The van der Waals surface area contributed by atoms with Gasteiger partial charge < -0.3 is 40.6 Å². The Bertz CT molecular complexity index is 1580. The van der Waals surface area contributed by atoms with Crippen molar-refractivity contribution < 1.29 is 38.5 Å². The number of amides is 3. The highest BCUT2D eigenvalue weighted by Gasteiger charge is 2.26. The summed E-state index contributed by atoms with van der Waals surface area (Å²) < 4.78 is 15.8. The van der Waals surface area contributed by atoms with Gasteiger partial charge in [-0.25, -0.2) is 19.6 Å². The SMILES string of the molecule is COC(=O)C(CNC(=O)c1cccc(OCCCNC(=O)OC(C)(C)C)c1)NC(=O)c1c(C)nc(NCCCc2cccc(O)c2)nc1C. The third kappa shape index (κ3) is 13.0. The Hall–Kier alpha value is -5.40. The van der Waals surface area contributed by atoms with Crippen molar-refractivity contribution in [1.82, 2.24) is 25.9 Å². The summed E-state index contributed by atoms with van der Waals surface area (Å²) in [7, 11) is 1.19. The molecule has 0 aliphatic carbocycles. The maximum atomic E-state index is 13.3. The first-order valence-corrected chi connectivity index (χ1v) is 16.0. The second kappa shape index (κ2) is 18.2. The van der Waals surface area contributed by atoms with Crippen LogP contribution in [0.3, 0.4) is 0 Å². The third-order valence-electron chi connectivity index (χ3n) is 6.95. The molecular formula is C35H46N6O8. The number of benzene rings is 2. The second-order valence-corrected chi connectivity index (χ2v) is 12.2.